The van der Waals surface area contributed by atoms with Crippen molar-refractivity contribution in [3.63, 3.8) is 0 Å². The SMILES string of the molecule is CNC(c1cnn(C)c1)C1CCCCS1(=O)=O. The molecule has 1 saturated heterocycles. The van der Waals surface area contributed by atoms with Crippen LogP contribution in [0.15, 0.2) is 12.4 Å². The van der Waals surface area contributed by atoms with E-state index in [0.29, 0.717) is 5.75 Å². The fraction of sp³-hybridized carbons (Fsp3) is 0.727. The molecule has 1 N–H and O–H groups in total. The Morgan fingerprint density at radius 1 is 1.53 bits per heavy atom. The lowest BCUT2D eigenvalue weighted by Gasteiger charge is -2.29. The molecule has 2 unspecified atom stereocenters. The van der Waals surface area contributed by atoms with Gasteiger partial charge in [-0.1, -0.05) is 6.42 Å². The maximum Gasteiger partial charge on any atom is 0.155 e. The molecule has 0 bridgehead atoms. The highest BCUT2D eigenvalue weighted by Crippen LogP contribution is 2.30. The Labute approximate surface area is 102 Å². The van der Waals surface area contributed by atoms with Crippen molar-refractivity contribution >= 4 is 9.84 Å². The maximum absolute atomic E-state index is 12.1. The summed E-state index contributed by atoms with van der Waals surface area (Å²) in [6.07, 6.45) is 6.14. The number of rotatable bonds is 3. The fourth-order valence-electron chi connectivity index (χ4n) is 2.52. The van der Waals surface area contributed by atoms with Gasteiger partial charge in [0.25, 0.3) is 0 Å². The number of hydrogen-bond acceptors (Lipinski definition) is 4. The van der Waals surface area contributed by atoms with Gasteiger partial charge in [0.15, 0.2) is 9.84 Å². The second kappa shape index (κ2) is 4.78. The predicted octanol–water partition coefficient (Wildman–Crippen LogP) is 0.648. The van der Waals surface area contributed by atoms with Crippen LogP contribution in [0, 0.1) is 0 Å². The highest BCUT2D eigenvalue weighted by atomic mass is 32.2. The fourth-order valence-corrected chi connectivity index (χ4v) is 4.66. The summed E-state index contributed by atoms with van der Waals surface area (Å²) in [4.78, 5) is 0. The van der Waals surface area contributed by atoms with E-state index in [0.717, 1.165) is 24.8 Å². The lowest BCUT2D eigenvalue weighted by molar-refractivity contribution is 0.469. The summed E-state index contributed by atoms with van der Waals surface area (Å²) >= 11 is 0. The van der Waals surface area contributed by atoms with E-state index in [1.807, 2.05) is 20.3 Å². The number of hydrogen-bond donors (Lipinski definition) is 1. The van der Waals surface area contributed by atoms with Gasteiger partial charge in [-0.2, -0.15) is 5.10 Å². The Morgan fingerprint density at radius 3 is 2.82 bits per heavy atom. The molecular formula is C11H19N3O2S. The first-order valence-electron chi connectivity index (χ1n) is 5.92. The summed E-state index contributed by atoms with van der Waals surface area (Å²) in [7, 11) is 0.673. The third kappa shape index (κ3) is 2.52. The largest absolute Gasteiger partial charge is 0.312 e. The molecule has 17 heavy (non-hydrogen) atoms. The average Bonchev–Trinajstić information content (AvgIpc) is 2.68. The van der Waals surface area contributed by atoms with Crippen LogP contribution in [0.25, 0.3) is 0 Å². The van der Waals surface area contributed by atoms with Gasteiger partial charge in [-0.3, -0.25) is 4.68 Å². The lowest BCUT2D eigenvalue weighted by Crippen LogP contribution is -2.39. The van der Waals surface area contributed by atoms with Crippen LogP contribution >= 0.6 is 0 Å². The molecule has 0 aliphatic carbocycles. The molecule has 0 aromatic carbocycles. The topological polar surface area (TPSA) is 64.0 Å². The molecular weight excluding hydrogens is 238 g/mol. The second-order valence-corrected chi connectivity index (χ2v) is 6.95. The predicted molar refractivity (Wildman–Crippen MR) is 66.4 cm³/mol. The van der Waals surface area contributed by atoms with E-state index in [1.165, 1.54) is 0 Å². The van der Waals surface area contributed by atoms with E-state index in [2.05, 4.69) is 10.4 Å². The molecule has 1 fully saturated rings. The number of nitrogens with one attached hydrogen (secondary N) is 1. The summed E-state index contributed by atoms with van der Waals surface area (Å²) in [5, 5.41) is 6.92. The monoisotopic (exact) mass is 257 g/mol. The van der Waals surface area contributed by atoms with E-state index in [1.54, 1.807) is 10.9 Å². The first-order valence-corrected chi connectivity index (χ1v) is 7.63. The quantitative estimate of drug-likeness (QED) is 0.863. The zero-order chi connectivity index (χ0) is 12.5. The minimum atomic E-state index is -2.97. The van der Waals surface area contributed by atoms with Crippen molar-refractivity contribution in [2.45, 2.75) is 30.6 Å². The number of aromatic nitrogens is 2. The van der Waals surface area contributed by atoms with E-state index < -0.39 is 9.84 Å². The molecule has 6 heteroatoms. The summed E-state index contributed by atoms with van der Waals surface area (Å²) in [5.41, 5.74) is 0.950. The van der Waals surface area contributed by atoms with Crippen LogP contribution in [0.5, 0.6) is 0 Å². The maximum atomic E-state index is 12.1. The highest BCUT2D eigenvalue weighted by molar-refractivity contribution is 7.92. The molecule has 0 amide bonds. The zero-order valence-electron chi connectivity index (χ0n) is 10.3. The van der Waals surface area contributed by atoms with Crippen molar-refractivity contribution in [2.75, 3.05) is 12.8 Å². The van der Waals surface area contributed by atoms with E-state index in [9.17, 15) is 8.42 Å². The average molecular weight is 257 g/mol. The van der Waals surface area contributed by atoms with Gasteiger partial charge in [-0.05, 0) is 19.9 Å². The highest BCUT2D eigenvalue weighted by Gasteiger charge is 2.36. The summed E-state index contributed by atoms with van der Waals surface area (Å²) in [6.45, 7) is 0. The number of aryl methyl sites for hydroxylation is 1. The molecule has 96 valence electrons. The Bertz CT molecular complexity index is 481. The minimum absolute atomic E-state index is 0.144. The van der Waals surface area contributed by atoms with Gasteiger partial charge in [-0.25, -0.2) is 8.42 Å². The lowest BCUT2D eigenvalue weighted by atomic mass is 10.0. The standard InChI is InChI=1S/C11H19N3O2S/c1-12-11(9-7-13-14(2)8-9)10-5-3-4-6-17(10,15)16/h7-8,10-12H,3-6H2,1-2H3. The molecule has 1 aromatic rings. The van der Waals surface area contributed by atoms with Crippen molar-refractivity contribution < 1.29 is 8.42 Å². The zero-order valence-corrected chi connectivity index (χ0v) is 11.1. The van der Waals surface area contributed by atoms with Crippen molar-refractivity contribution in [3.8, 4) is 0 Å². The van der Waals surface area contributed by atoms with E-state index in [-0.39, 0.29) is 11.3 Å². The van der Waals surface area contributed by atoms with Gasteiger partial charge >= 0.3 is 0 Å². The van der Waals surface area contributed by atoms with Crippen molar-refractivity contribution in [1.29, 1.82) is 0 Å². The van der Waals surface area contributed by atoms with Gasteiger partial charge < -0.3 is 5.32 Å². The van der Waals surface area contributed by atoms with Gasteiger partial charge in [0, 0.05) is 18.8 Å². The molecule has 2 rings (SSSR count). The normalized spacial score (nSPS) is 25.6. The molecule has 0 saturated carbocycles. The smallest absolute Gasteiger partial charge is 0.155 e. The Kier molecular flexibility index (Phi) is 3.53. The van der Waals surface area contributed by atoms with Crippen molar-refractivity contribution in [2.24, 2.45) is 7.05 Å². The van der Waals surface area contributed by atoms with Gasteiger partial charge in [0.1, 0.15) is 0 Å². The Balaban J connectivity index is 2.29. The van der Waals surface area contributed by atoms with E-state index in [4.69, 9.17) is 0 Å². The number of nitrogens with zero attached hydrogens (tertiary/aromatic N) is 2. The van der Waals surface area contributed by atoms with Crippen LogP contribution in [-0.4, -0.2) is 36.2 Å². The minimum Gasteiger partial charge on any atom is -0.312 e. The molecule has 5 nitrogen and oxygen atoms in total. The Morgan fingerprint density at radius 2 is 2.29 bits per heavy atom. The first-order chi connectivity index (χ1) is 8.04. The molecule has 1 aliphatic heterocycles. The first kappa shape index (κ1) is 12.6. The summed E-state index contributed by atoms with van der Waals surface area (Å²) in [5.74, 6) is 0.316. The molecule has 2 heterocycles. The summed E-state index contributed by atoms with van der Waals surface area (Å²) < 4.78 is 25.9. The van der Waals surface area contributed by atoms with Crippen LogP contribution < -0.4 is 5.32 Å². The van der Waals surface area contributed by atoms with Gasteiger partial charge in [-0.15, -0.1) is 0 Å². The van der Waals surface area contributed by atoms with Gasteiger partial charge in [0.05, 0.1) is 23.2 Å². The van der Waals surface area contributed by atoms with Crippen molar-refractivity contribution in [1.82, 2.24) is 15.1 Å². The summed E-state index contributed by atoms with van der Waals surface area (Å²) in [6, 6.07) is -0.144. The Hall–Kier alpha value is -0.880. The van der Waals surface area contributed by atoms with Crippen LogP contribution in [0.3, 0.4) is 0 Å². The van der Waals surface area contributed by atoms with Crippen LogP contribution in [0.1, 0.15) is 30.9 Å². The molecule has 0 spiro atoms. The van der Waals surface area contributed by atoms with Gasteiger partial charge in [0.2, 0.25) is 0 Å². The van der Waals surface area contributed by atoms with Crippen LogP contribution in [0.4, 0.5) is 0 Å². The molecule has 1 aliphatic rings. The second-order valence-electron chi connectivity index (χ2n) is 4.61. The molecule has 2 atom stereocenters. The van der Waals surface area contributed by atoms with Crippen LogP contribution in [-0.2, 0) is 16.9 Å². The van der Waals surface area contributed by atoms with Crippen molar-refractivity contribution in [3.05, 3.63) is 18.0 Å². The molecule has 0 radical (unpaired) electrons. The third-order valence-electron chi connectivity index (χ3n) is 3.40. The van der Waals surface area contributed by atoms with E-state index >= 15 is 0 Å². The van der Waals surface area contributed by atoms with Crippen LogP contribution in [0.2, 0.25) is 0 Å². The molecule has 1 aromatic heterocycles. The number of sulfone groups is 1. The third-order valence-corrected chi connectivity index (χ3v) is 5.68.